The predicted molar refractivity (Wildman–Crippen MR) is 114 cm³/mol. The highest BCUT2D eigenvalue weighted by Gasteiger charge is 2.29. The number of halogens is 1. The Kier molecular flexibility index (Phi) is 7.78. The van der Waals surface area contributed by atoms with E-state index in [1.165, 1.54) is 13.0 Å². The summed E-state index contributed by atoms with van der Waals surface area (Å²) in [5, 5.41) is 4.87. The molecule has 2 amide bonds. The third-order valence-corrected chi connectivity index (χ3v) is 6.64. The van der Waals surface area contributed by atoms with Crippen molar-refractivity contribution in [1.82, 2.24) is 9.62 Å². The van der Waals surface area contributed by atoms with Crippen LogP contribution >= 0.6 is 0 Å². The summed E-state index contributed by atoms with van der Waals surface area (Å²) in [6, 6.07) is 11.3. The van der Waals surface area contributed by atoms with E-state index >= 15 is 0 Å². The van der Waals surface area contributed by atoms with Crippen LogP contribution in [-0.4, -0.2) is 57.1 Å². The number of hydrogen-bond acceptors (Lipinski definition) is 6. The fourth-order valence-electron chi connectivity index (χ4n) is 2.96. The number of hydrogen-bond donors (Lipinski definition) is 2. The van der Waals surface area contributed by atoms with Crippen LogP contribution in [0.25, 0.3) is 0 Å². The number of nitrogens with one attached hydrogen (secondary N) is 2. The highest BCUT2D eigenvalue weighted by atomic mass is 32.2. The summed E-state index contributed by atoms with van der Waals surface area (Å²) in [7, 11) is -4.09. The van der Waals surface area contributed by atoms with Crippen molar-refractivity contribution in [2.75, 3.05) is 31.6 Å². The zero-order valence-electron chi connectivity index (χ0n) is 17.4. The Labute approximate surface area is 185 Å². The number of ether oxygens (including phenoxy) is 2. The first kappa shape index (κ1) is 23.6. The monoisotopic (exact) mass is 465 g/mol. The Bertz CT molecular complexity index is 1060. The number of amides is 2. The highest BCUT2D eigenvalue weighted by Crippen LogP contribution is 2.24. The summed E-state index contributed by atoms with van der Waals surface area (Å²) in [6.07, 6.45) is -0.786. The summed E-state index contributed by atoms with van der Waals surface area (Å²) in [5.41, 5.74) is 0.870. The van der Waals surface area contributed by atoms with Gasteiger partial charge in [0.2, 0.25) is 15.9 Å². The molecule has 0 unspecified atom stereocenters. The van der Waals surface area contributed by atoms with Gasteiger partial charge in [0.05, 0.1) is 13.2 Å². The number of morpholine rings is 1. The van der Waals surface area contributed by atoms with Crippen LogP contribution in [0.4, 0.5) is 14.9 Å². The fourth-order valence-corrected chi connectivity index (χ4v) is 4.46. The van der Waals surface area contributed by atoms with Crippen LogP contribution in [-0.2, 0) is 30.9 Å². The van der Waals surface area contributed by atoms with E-state index in [0.717, 1.165) is 22.0 Å². The molecule has 0 bridgehead atoms. The van der Waals surface area contributed by atoms with Crippen molar-refractivity contribution in [2.24, 2.45) is 0 Å². The molecule has 32 heavy (non-hydrogen) atoms. The second kappa shape index (κ2) is 10.5. The van der Waals surface area contributed by atoms with Gasteiger partial charge in [0.15, 0.2) is 0 Å². The average Bonchev–Trinajstić information content (AvgIpc) is 2.80. The summed E-state index contributed by atoms with van der Waals surface area (Å²) in [6.45, 7) is 2.16. The van der Waals surface area contributed by atoms with Gasteiger partial charge in [0.1, 0.15) is 23.4 Å². The maximum Gasteiger partial charge on any atom is 0.408 e. The van der Waals surface area contributed by atoms with Gasteiger partial charge in [-0.1, -0.05) is 30.3 Å². The second-order valence-corrected chi connectivity index (χ2v) is 8.99. The van der Waals surface area contributed by atoms with Crippen molar-refractivity contribution in [1.29, 1.82) is 0 Å². The molecule has 0 radical (unpaired) electrons. The number of sulfonamides is 1. The predicted octanol–water partition coefficient (Wildman–Crippen LogP) is 2.10. The van der Waals surface area contributed by atoms with Gasteiger partial charge in [-0.15, -0.1) is 0 Å². The van der Waals surface area contributed by atoms with Crippen molar-refractivity contribution < 1.29 is 31.9 Å². The molecular formula is C21H24FN3O6S. The summed E-state index contributed by atoms with van der Waals surface area (Å²) >= 11 is 0. The number of alkyl carbamates (subject to hydrolysis) is 1. The zero-order valence-corrected chi connectivity index (χ0v) is 18.2. The second-order valence-electron chi connectivity index (χ2n) is 7.08. The number of nitrogens with zero attached hydrogens (tertiary/aromatic N) is 1. The Morgan fingerprint density at radius 3 is 2.53 bits per heavy atom. The number of carbonyl (C=O) groups is 2. The van der Waals surface area contributed by atoms with Crippen LogP contribution in [0.15, 0.2) is 53.4 Å². The maximum atomic E-state index is 14.3. The Balaban J connectivity index is 1.60. The van der Waals surface area contributed by atoms with E-state index in [9.17, 15) is 22.4 Å². The molecule has 2 N–H and O–H groups in total. The molecule has 11 heteroatoms. The molecule has 1 heterocycles. The molecule has 2 aromatic rings. The quantitative estimate of drug-likeness (QED) is 0.647. The largest absolute Gasteiger partial charge is 0.445 e. The van der Waals surface area contributed by atoms with Crippen molar-refractivity contribution in [3.63, 3.8) is 0 Å². The number of carbonyl (C=O) groups excluding carboxylic acids is 2. The van der Waals surface area contributed by atoms with Gasteiger partial charge in [0, 0.05) is 18.8 Å². The maximum absolute atomic E-state index is 14.3. The summed E-state index contributed by atoms with van der Waals surface area (Å²) in [4.78, 5) is 23.8. The van der Waals surface area contributed by atoms with E-state index in [4.69, 9.17) is 9.47 Å². The molecule has 0 spiro atoms. The molecule has 1 fully saturated rings. The van der Waals surface area contributed by atoms with Gasteiger partial charge in [0.25, 0.3) is 0 Å². The summed E-state index contributed by atoms with van der Waals surface area (Å²) < 4.78 is 51.1. The molecule has 0 saturated carbocycles. The van der Waals surface area contributed by atoms with Crippen LogP contribution in [0.2, 0.25) is 0 Å². The van der Waals surface area contributed by atoms with Gasteiger partial charge in [-0.2, -0.15) is 4.31 Å². The van der Waals surface area contributed by atoms with Gasteiger partial charge in [-0.3, -0.25) is 4.79 Å². The van der Waals surface area contributed by atoms with Crippen LogP contribution in [0, 0.1) is 5.82 Å². The van der Waals surface area contributed by atoms with E-state index in [-0.39, 0.29) is 38.6 Å². The lowest BCUT2D eigenvalue weighted by atomic mass is 10.2. The third-order valence-electron chi connectivity index (χ3n) is 4.73. The highest BCUT2D eigenvalue weighted by molar-refractivity contribution is 7.89. The minimum absolute atomic E-state index is 0.0434. The SMILES string of the molecule is C[C@H](NC(=O)OCc1ccccc1)C(=O)Nc1ccc(F)c(S(=O)(=O)N2CCOCC2)c1. The number of anilines is 1. The molecule has 1 aliphatic heterocycles. The van der Waals surface area contributed by atoms with Gasteiger partial charge in [-0.05, 0) is 30.7 Å². The van der Waals surface area contributed by atoms with Crippen LogP contribution in [0.1, 0.15) is 12.5 Å². The molecule has 0 aromatic heterocycles. The van der Waals surface area contributed by atoms with Crippen LogP contribution in [0.3, 0.4) is 0 Å². The zero-order chi connectivity index (χ0) is 23.1. The number of rotatable bonds is 7. The Hall–Kier alpha value is -3.02. The molecule has 1 saturated heterocycles. The molecular weight excluding hydrogens is 441 g/mol. The lowest BCUT2D eigenvalue weighted by molar-refractivity contribution is -0.117. The standard InChI is InChI=1S/C21H24FN3O6S/c1-15(23-21(27)31-14-16-5-3-2-4-6-16)20(26)24-17-7-8-18(22)19(13-17)32(28,29)25-9-11-30-12-10-25/h2-8,13,15H,9-12,14H2,1H3,(H,23,27)(H,24,26)/t15-/m0/s1. The normalized spacial score (nSPS) is 15.6. The van der Waals surface area contributed by atoms with Crippen molar-refractivity contribution >= 4 is 27.7 Å². The van der Waals surface area contributed by atoms with E-state index in [1.54, 1.807) is 12.1 Å². The molecule has 2 aromatic carbocycles. The van der Waals surface area contributed by atoms with Gasteiger partial charge < -0.3 is 20.1 Å². The van der Waals surface area contributed by atoms with E-state index < -0.39 is 38.8 Å². The van der Waals surface area contributed by atoms with E-state index in [0.29, 0.717) is 0 Å². The molecule has 1 aliphatic rings. The number of benzene rings is 2. The first-order valence-corrected chi connectivity index (χ1v) is 11.4. The van der Waals surface area contributed by atoms with Crippen LogP contribution < -0.4 is 10.6 Å². The van der Waals surface area contributed by atoms with Gasteiger partial charge >= 0.3 is 6.09 Å². The molecule has 0 aliphatic carbocycles. The van der Waals surface area contributed by atoms with Gasteiger partial charge in [-0.25, -0.2) is 17.6 Å². The molecule has 9 nitrogen and oxygen atoms in total. The van der Waals surface area contributed by atoms with Crippen molar-refractivity contribution in [3.8, 4) is 0 Å². The fraction of sp³-hybridized carbons (Fsp3) is 0.333. The first-order chi connectivity index (χ1) is 15.3. The molecule has 172 valence electrons. The minimum Gasteiger partial charge on any atom is -0.445 e. The Morgan fingerprint density at radius 2 is 1.84 bits per heavy atom. The smallest absolute Gasteiger partial charge is 0.408 e. The van der Waals surface area contributed by atoms with E-state index in [1.807, 2.05) is 18.2 Å². The molecule has 3 rings (SSSR count). The Morgan fingerprint density at radius 1 is 1.16 bits per heavy atom. The average molecular weight is 466 g/mol. The minimum atomic E-state index is -4.09. The van der Waals surface area contributed by atoms with Crippen molar-refractivity contribution in [2.45, 2.75) is 24.5 Å². The summed E-state index contributed by atoms with van der Waals surface area (Å²) in [5.74, 6) is -1.55. The van der Waals surface area contributed by atoms with E-state index in [2.05, 4.69) is 10.6 Å². The van der Waals surface area contributed by atoms with Crippen LogP contribution in [0.5, 0.6) is 0 Å². The van der Waals surface area contributed by atoms with Crippen molar-refractivity contribution in [3.05, 3.63) is 59.9 Å². The third kappa shape index (κ3) is 6.02. The molecule has 1 atom stereocenters. The lowest BCUT2D eigenvalue weighted by Crippen LogP contribution is -2.42. The topological polar surface area (TPSA) is 114 Å². The lowest BCUT2D eigenvalue weighted by Gasteiger charge is -2.26. The first-order valence-electron chi connectivity index (χ1n) is 9.93.